The molecule has 4 aromatic rings. The average molecular weight is 441 g/mol. The second kappa shape index (κ2) is 8.86. The van der Waals surface area contributed by atoms with Crippen molar-refractivity contribution in [2.45, 2.75) is 19.4 Å². The number of nitrogens with zero attached hydrogens (tertiary/aromatic N) is 4. The van der Waals surface area contributed by atoms with E-state index in [2.05, 4.69) is 4.98 Å². The zero-order valence-electron chi connectivity index (χ0n) is 18.3. The summed E-state index contributed by atoms with van der Waals surface area (Å²) in [6.07, 6.45) is 2.31. The number of aromatic nitrogens is 3. The number of para-hydroxylation sites is 2. The number of anilines is 1. The maximum atomic E-state index is 13.8. The molecule has 0 unspecified atom stereocenters. The molecule has 33 heavy (non-hydrogen) atoms. The predicted molar refractivity (Wildman–Crippen MR) is 125 cm³/mol. The largest absolute Gasteiger partial charge is 0.465 e. The van der Waals surface area contributed by atoms with E-state index < -0.39 is 17.9 Å². The molecule has 7 heteroatoms. The standard InChI is InChI=1S/C26H24N4O3/c1-2-33-25(32)22-23(20-13-8-9-16-27-20)30-21-14-7-6-12-19(21)28-26(30)29(24(22)31)17-15-18-10-4-3-5-11-18/h3-14,16,22-23H,2,15,17H2,1H3/t22-,23+/m0/s1. The van der Waals surface area contributed by atoms with Crippen molar-refractivity contribution in [1.29, 1.82) is 0 Å². The molecule has 0 fully saturated rings. The van der Waals surface area contributed by atoms with Gasteiger partial charge in [0, 0.05) is 12.7 Å². The van der Waals surface area contributed by atoms with Crippen LogP contribution in [0.2, 0.25) is 0 Å². The lowest BCUT2D eigenvalue weighted by Crippen LogP contribution is -2.50. The first kappa shape index (κ1) is 20.9. The van der Waals surface area contributed by atoms with Crippen molar-refractivity contribution in [2.75, 3.05) is 18.1 Å². The third kappa shape index (κ3) is 3.75. The SMILES string of the molecule is CCOC(=O)[C@@H]1C(=O)N(CCc2ccccc2)c2nc3ccccc3n2[C@@H]1c1ccccn1. The fourth-order valence-electron chi connectivity index (χ4n) is 4.46. The van der Waals surface area contributed by atoms with E-state index in [1.807, 2.05) is 77.4 Å². The van der Waals surface area contributed by atoms with Crippen molar-refractivity contribution in [3.8, 4) is 0 Å². The first-order valence-electron chi connectivity index (χ1n) is 11.1. The molecule has 1 aliphatic rings. The Balaban J connectivity index is 1.67. The van der Waals surface area contributed by atoms with Crippen molar-refractivity contribution < 1.29 is 14.3 Å². The molecule has 2 aromatic carbocycles. The Morgan fingerprint density at radius 1 is 1.00 bits per heavy atom. The molecule has 0 bridgehead atoms. The minimum atomic E-state index is -1.05. The molecule has 0 saturated carbocycles. The van der Waals surface area contributed by atoms with E-state index in [0.717, 1.165) is 16.6 Å². The highest BCUT2D eigenvalue weighted by Crippen LogP contribution is 2.40. The lowest BCUT2D eigenvalue weighted by atomic mass is 9.92. The number of pyridine rings is 1. The Morgan fingerprint density at radius 2 is 1.76 bits per heavy atom. The highest BCUT2D eigenvalue weighted by molar-refractivity contribution is 6.08. The minimum Gasteiger partial charge on any atom is -0.465 e. The van der Waals surface area contributed by atoms with Gasteiger partial charge in [0.25, 0.3) is 0 Å². The second-order valence-electron chi connectivity index (χ2n) is 7.93. The molecule has 7 nitrogen and oxygen atoms in total. The summed E-state index contributed by atoms with van der Waals surface area (Å²) in [7, 11) is 0. The number of hydrogen-bond donors (Lipinski definition) is 0. The summed E-state index contributed by atoms with van der Waals surface area (Å²) in [5.74, 6) is -1.40. The first-order chi connectivity index (χ1) is 16.2. The Bertz CT molecular complexity index is 1290. The Morgan fingerprint density at radius 3 is 2.52 bits per heavy atom. The van der Waals surface area contributed by atoms with Gasteiger partial charge in [-0.25, -0.2) is 4.98 Å². The van der Waals surface area contributed by atoms with Crippen LogP contribution < -0.4 is 4.90 Å². The third-order valence-corrected chi connectivity index (χ3v) is 5.94. The summed E-state index contributed by atoms with van der Waals surface area (Å²) in [4.78, 5) is 37.9. The van der Waals surface area contributed by atoms with Crippen LogP contribution in [0, 0.1) is 5.92 Å². The minimum absolute atomic E-state index is 0.194. The maximum absolute atomic E-state index is 13.8. The molecule has 0 aliphatic carbocycles. The van der Waals surface area contributed by atoms with E-state index in [1.165, 1.54) is 0 Å². The quantitative estimate of drug-likeness (QED) is 0.337. The van der Waals surface area contributed by atoms with E-state index >= 15 is 0 Å². The van der Waals surface area contributed by atoms with Crippen LogP contribution in [0.1, 0.15) is 24.2 Å². The Kier molecular flexibility index (Phi) is 5.60. The monoisotopic (exact) mass is 440 g/mol. The second-order valence-corrected chi connectivity index (χ2v) is 7.93. The van der Waals surface area contributed by atoms with Gasteiger partial charge in [-0.2, -0.15) is 0 Å². The normalized spacial score (nSPS) is 17.7. The van der Waals surface area contributed by atoms with Crippen molar-refractivity contribution in [1.82, 2.24) is 14.5 Å². The fraction of sp³-hybridized carbons (Fsp3) is 0.231. The summed E-state index contributed by atoms with van der Waals surface area (Å²) >= 11 is 0. The van der Waals surface area contributed by atoms with Gasteiger partial charge in [-0.3, -0.25) is 24.0 Å². The Labute approximate surface area is 191 Å². The number of rotatable bonds is 6. The highest BCUT2D eigenvalue weighted by atomic mass is 16.5. The number of imidazole rings is 1. The highest BCUT2D eigenvalue weighted by Gasteiger charge is 2.48. The molecule has 2 aromatic heterocycles. The zero-order valence-corrected chi connectivity index (χ0v) is 18.3. The maximum Gasteiger partial charge on any atom is 0.321 e. The topological polar surface area (TPSA) is 77.3 Å². The van der Waals surface area contributed by atoms with Crippen LogP contribution in [0.15, 0.2) is 79.0 Å². The van der Waals surface area contributed by atoms with E-state index in [4.69, 9.17) is 9.72 Å². The zero-order chi connectivity index (χ0) is 22.8. The summed E-state index contributed by atoms with van der Waals surface area (Å²) in [6, 6.07) is 22.5. The predicted octanol–water partition coefficient (Wildman–Crippen LogP) is 3.79. The van der Waals surface area contributed by atoms with Crippen LogP contribution in [-0.2, 0) is 20.7 Å². The van der Waals surface area contributed by atoms with Gasteiger partial charge in [-0.1, -0.05) is 48.5 Å². The number of carbonyl (C=O) groups is 2. The van der Waals surface area contributed by atoms with Crippen LogP contribution in [0.5, 0.6) is 0 Å². The molecule has 1 aliphatic heterocycles. The first-order valence-corrected chi connectivity index (χ1v) is 11.1. The van der Waals surface area contributed by atoms with Crippen LogP contribution in [-0.4, -0.2) is 39.6 Å². The number of ether oxygens (including phenoxy) is 1. The lowest BCUT2D eigenvalue weighted by molar-refractivity contribution is -0.153. The van der Waals surface area contributed by atoms with Crippen molar-refractivity contribution in [2.24, 2.45) is 5.92 Å². The van der Waals surface area contributed by atoms with Crippen molar-refractivity contribution in [3.05, 3.63) is 90.3 Å². The van der Waals surface area contributed by atoms with E-state index in [0.29, 0.717) is 24.6 Å². The molecular formula is C26H24N4O3. The molecule has 5 rings (SSSR count). The van der Waals surface area contributed by atoms with Gasteiger partial charge >= 0.3 is 5.97 Å². The Hall–Kier alpha value is -4.00. The number of carbonyl (C=O) groups excluding carboxylic acids is 2. The van der Waals surface area contributed by atoms with Crippen LogP contribution in [0.4, 0.5) is 5.95 Å². The molecule has 1 amide bonds. The van der Waals surface area contributed by atoms with Crippen molar-refractivity contribution in [3.63, 3.8) is 0 Å². The summed E-state index contributed by atoms with van der Waals surface area (Å²) in [5.41, 5.74) is 3.33. The number of esters is 1. The van der Waals surface area contributed by atoms with Gasteiger partial charge < -0.3 is 4.74 Å². The van der Waals surface area contributed by atoms with Gasteiger partial charge in [-0.15, -0.1) is 0 Å². The molecule has 2 atom stereocenters. The molecular weight excluding hydrogens is 416 g/mol. The van der Waals surface area contributed by atoms with Crippen molar-refractivity contribution >= 4 is 28.9 Å². The summed E-state index contributed by atoms with van der Waals surface area (Å²) < 4.78 is 7.33. The van der Waals surface area contributed by atoms with E-state index in [-0.39, 0.29) is 12.5 Å². The summed E-state index contributed by atoms with van der Waals surface area (Å²) in [5, 5.41) is 0. The van der Waals surface area contributed by atoms with E-state index in [9.17, 15) is 9.59 Å². The molecule has 166 valence electrons. The number of hydrogen-bond acceptors (Lipinski definition) is 5. The average Bonchev–Trinajstić information content (AvgIpc) is 3.23. The van der Waals surface area contributed by atoms with Crippen LogP contribution >= 0.6 is 0 Å². The molecule has 0 N–H and O–H groups in total. The van der Waals surface area contributed by atoms with Gasteiger partial charge in [0.1, 0.15) is 6.04 Å². The summed E-state index contributed by atoms with van der Waals surface area (Å²) in [6.45, 7) is 2.34. The van der Waals surface area contributed by atoms with Gasteiger partial charge in [0.2, 0.25) is 11.9 Å². The van der Waals surface area contributed by atoms with Gasteiger partial charge in [0.15, 0.2) is 5.92 Å². The smallest absolute Gasteiger partial charge is 0.321 e. The molecule has 0 saturated heterocycles. The molecule has 3 heterocycles. The fourth-order valence-corrected chi connectivity index (χ4v) is 4.46. The molecule has 0 radical (unpaired) electrons. The van der Waals surface area contributed by atoms with Gasteiger partial charge in [0.05, 0.1) is 23.3 Å². The van der Waals surface area contributed by atoms with Gasteiger partial charge in [-0.05, 0) is 43.2 Å². The molecule has 0 spiro atoms. The number of benzene rings is 2. The van der Waals surface area contributed by atoms with Crippen LogP contribution in [0.25, 0.3) is 11.0 Å². The lowest BCUT2D eigenvalue weighted by Gasteiger charge is -2.37. The van der Waals surface area contributed by atoms with E-state index in [1.54, 1.807) is 18.0 Å². The number of fused-ring (bicyclic) bond motifs is 3. The number of amides is 1. The van der Waals surface area contributed by atoms with Crippen LogP contribution in [0.3, 0.4) is 0 Å². The third-order valence-electron chi connectivity index (χ3n) is 5.94.